The van der Waals surface area contributed by atoms with Gasteiger partial charge in [0.05, 0.1) is 0 Å². The molecule has 0 heterocycles. The fourth-order valence-electron chi connectivity index (χ4n) is 5.46. The maximum absolute atomic E-state index is 12.2. The molecule has 0 spiro atoms. The van der Waals surface area contributed by atoms with Gasteiger partial charge in [-0.15, -0.1) is 0 Å². The van der Waals surface area contributed by atoms with Crippen LogP contribution < -0.4 is 20.1 Å². The van der Waals surface area contributed by atoms with E-state index in [2.05, 4.69) is 24.5 Å². The van der Waals surface area contributed by atoms with Crippen LogP contribution in [0.5, 0.6) is 11.5 Å². The Morgan fingerprint density at radius 1 is 0.477 bits per heavy atom. The molecule has 6 nitrogen and oxygen atoms in total. The van der Waals surface area contributed by atoms with E-state index in [0.717, 1.165) is 36.5 Å². The van der Waals surface area contributed by atoms with Gasteiger partial charge in [-0.3, -0.25) is 9.59 Å². The van der Waals surface area contributed by atoms with E-state index in [-0.39, 0.29) is 25.0 Å². The number of hydrogen-bond acceptors (Lipinski definition) is 4. The van der Waals surface area contributed by atoms with Gasteiger partial charge in [-0.2, -0.15) is 0 Å². The molecule has 0 fully saturated rings. The summed E-state index contributed by atoms with van der Waals surface area (Å²) in [6.07, 6.45) is 25.7. The molecular formula is C38H62N2O4. The Hall–Kier alpha value is -2.76. The van der Waals surface area contributed by atoms with E-state index in [1.165, 1.54) is 103 Å². The molecule has 0 saturated heterocycles. The van der Waals surface area contributed by atoms with Crippen molar-refractivity contribution in [1.82, 2.24) is 10.6 Å². The summed E-state index contributed by atoms with van der Waals surface area (Å²) in [5, 5.41) is 7.92. The predicted octanol–water partition coefficient (Wildman–Crippen LogP) is 9.67. The maximum atomic E-state index is 12.2. The number of rotatable bonds is 28. The fourth-order valence-corrected chi connectivity index (χ4v) is 5.46. The largest absolute Gasteiger partial charge is 0.484 e. The zero-order chi connectivity index (χ0) is 31.5. The lowest BCUT2D eigenvalue weighted by Gasteiger charge is -2.10. The van der Waals surface area contributed by atoms with E-state index >= 15 is 0 Å². The van der Waals surface area contributed by atoms with Gasteiger partial charge in [0, 0.05) is 13.1 Å². The first-order valence-corrected chi connectivity index (χ1v) is 17.9. The van der Waals surface area contributed by atoms with E-state index in [0.29, 0.717) is 24.6 Å². The van der Waals surface area contributed by atoms with Gasteiger partial charge in [-0.05, 0) is 47.9 Å². The molecule has 2 aromatic carbocycles. The number of benzene rings is 2. The van der Waals surface area contributed by atoms with Crippen LogP contribution in [0.2, 0.25) is 0 Å². The Balaban J connectivity index is 1.52. The highest BCUT2D eigenvalue weighted by atomic mass is 16.5. The molecule has 44 heavy (non-hydrogen) atoms. The molecule has 0 bridgehead atoms. The van der Waals surface area contributed by atoms with Crippen LogP contribution in [0, 0.1) is 0 Å². The van der Waals surface area contributed by atoms with Crippen LogP contribution in [-0.4, -0.2) is 38.1 Å². The zero-order valence-electron chi connectivity index (χ0n) is 28.1. The third-order valence-electron chi connectivity index (χ3n) is 8.23. The van der Waals surface area contributed by atoms with Crippen LogP contribution >= 0.6 is 0 Å². The molecule has 0 unspecified atom stereocenters. The third-order valence-corrected chi connectivity index (χ3v) is 8.23. The summed E-state index contributed by atoms with van der Waals surface area (Å²) in [7, 11) is 0. The molecular weight excluding hydrogens is 548 g/mol. The molecule has 0 saturated carbocycles. The summed E-state index contributed by atoms with van der Waals surface area (Å²) < 4.78 is 11.5. The molecule has 0 atom stereocenters. The van der Waals surface area contributed by atoms with E-state index in [1.54, 1.807) is 0 Å². The van der Waals surface area contributed by atoms with Crippen molar-refractivity contribution < 1.29 is 19.1 Å². The van der Waals surface area contributed by atoms with Gasteiger partial charge >= 0.3 is 0 Å². The zero-order valence-corrected chi connectivity index (χ0v) is 28.1. The second-order valence-corrected chi connectivity index (χ2v) is 12.3. The van der Waals surface area contributed by atoms with Crippen molar-refractivity contribution in [2.75, 3.05) is 26.3 Å². The molecule has 2 N–H and O–H groups in total. The van der Waals surface area contributed by atoms with Crippen LogP contribution in [0.1, 0.15) is 142 Å². The SMILES string of the molecule is CCCCCCCCCCCCNC(=O)COc1ccc2cc(OCC(=O)NCCCCCCCCCCCC)ccc2c1. The van der Waals surface area contributed by atoms with Crippen LogP contribution in [0.3, 0.4) is 0 Å². The Bertz CT molecular complexity index is 944. The lowest BCUT2D eigenvalue weighted by Crippen LogP contribution is -2.29. The van der Waals surface area contributed by atoms with Gasteiger partial charge in [0.1, 0.15) is 11.5 Å². The topological polar surface area (TPSA) is 76.7 Å². The first-order chi connectivity index (χ1) is 21.6. The normalized spacial score (nSPS) is 11.0. The van der Waals surface area contributed by atoms with Gasteiger partial charge in [0.25, 0.3) is 11.8 Å². The quantitative estimate of drug-likeness (QED) is 0.0941. The number of nitrogens with one attached hydrogen (secondary N) is 2. The molecule has 248 valence electrons. The first-order valence-electron chi connectivity index (χ1n) is 17.9. The van der Waals surface area contributed by atoms with E-state index in [9.17, 15) is 9.59 Å². The molecule has 0 aliphatic carbocycles. The molecule has 6 heteroatoms. The van der Waals surface area contributed by atoms with Gasteiger partial charge in [-0.25, -0.2) is 0 Å². The molecule has 2 aromatic rings. The van der Waals surface area contributed by atoms with Crippen molar-refractivity contribution in [3.63, 3.8) is 0 Å². The summed E-state index contributed by atoms with van der Waals surface area (Å²) in [4.78, 5) is 24.4. The van der Waals surface area contributed by atoms with Crippen molar-refractivity contribution >= 4 is 22.6 Å². The van der Waals surface area contributed by atoms with Crippen molar-refractivity contribution in [1.29, 1.82) is 0 Å². The highest BCUT2D eigenvalue weighted by Gasteiger charge is 2.06. The monoisotopic (exact) mass is 610 g/mol. The molecule has 2 amide bonds. The maximum Gasteiger partial charge on any atom is 0.257 e. The molecule has 2 rings (SSSR count). The summed E-state index contributed by atoms with van der Waals surface area (Å²) in [5.74, 6) is 1.14. The van der Waals surface area contributed by atoms with Crippen LogP contribution in [-0.2, 0) is 9.59 Å². The van der Waals surface area contributed by atoms with E-state index in [4.69, 9.17) is 9.47 Å². The minimum Gasteiger partial charge on any atom is -0.484 e. The molecule has 0 aromatic heterocycles. The van der Waals surface area contributed by atoms with E-state index < -0.39 is 0 Å². The average Bonchev–Trinajstić information content (AvgIpc) is 3.04. The molecule has 0 aliphatic heterocycles. The minimum atomic E-state index is -0.0868. The second-order valence-electron chi connectivity index (χ2n) is 12.3. The van der Waals surface area contributed by atoms with Gasteiger partial charge in [-0.1, -0.05) is 142 Å². The Morgan fingerprint density at radius 3 is 1.14 bits per heavy atom. The van der Waals surface area contributed by atoms with Crippen molar-refractivity contribution in [3.8, 4) is 11.5 Å². The van der Waals surface area contributed by atoms with Gasteiger partial charge in [0.2, 0.25) is 0 Å². The fraction of sp³-hybridized carbons (Fsp3) is 0.684. The van der Waals surface area contributed by atoms with Crippen molar-refractivity contribution in [2.24, 2.45) is 0 Å². The summed E-state index contributed by atoms with van der Waals surface area (Å²) in [5.41, 5.74) is 0. The second kappa shape index (κ2) is 25.6. The van der Waals surface area contributed by atoms with Crippen LogP contribution in [0.25, 0.3) is 10.8 Å². The molecule has 0 radical (unpaired) electrons. The Kier molecular flexibility index (Phi) is 21.7. The lowest BCUT2D eigenvalue weighted by atomic mass is 10.1. The smallest absolute Gasteiger partial charge is 0.257 e. The average molecular weight is 611 g/mol. The summed E-state index contributed by atoms with van der Waals surface area (Å²) in [6, 6.07) is 11.5. The predicted molar refractivity (Wildman–Crippen MR) is 185 cm³/mol. The van der Waals surface area contributed by atoms with Crippen molar-refractivity contribution in [2.45, 2.75) is 142 Å². The summed E-state index contributed by atoms with van der Waals surface area (Å²) >= 11 is 0. The minimum absolute atomic E-state index is 0.0126. The van der Waals surface area contributed by atoms with Crippen LogP contribution in [0.15, 0.2) is 36.4 Å². The summed E-state index contributed by atoms with van der Waals surface area (Å²) in [6.45, 7) is 5.94. The first kappa shape index (κ1) is 37.4. The number of unbranched alkanes of at least 4 members (excludes halogenated alkanes) is 18. The third kappa shape index (κ3) is 18.8. The lowest BCUT2D eigenvalue weighted by molar-refractivity contribution is -0.123. The number of hydrogen-bond donors (Lipinski definition) is 2. The highest BCUT2D eigenvalue weighted by Crippen LogP contribution is 2.25. The van der Waals surface area contributed by atoms with Gasteiger partial charge in [0.15, 0.2) is 13.2 Å². The number of ether oxygens (including phenoxy) is 2. The highest BCUT2D eigenvalue weighted by molar-refractivity contribution is 5.85. The molecule has 0 aliphatic rings. The Morgan fingerprint density at radius 2 is 0.795 bits per heavy atom. The number of carbonyl (C=O) groups is 2. The number of fused-ring (bicyclic) bond motifs is 1. The van der Waals surface area contributed by atoms with E-state index in [1.807, 2.05) is 36.4 Å². The number of amides is 2. The van der Waals surface area contributed by atoms with Crippen molar-refractivity contribution in [3.05, 3.63) is 36.4 Å². The Labute approximate surface area is 268 Å². The van der Waals surface area contributed by atoms with Crippen LogP contribution in [0.4, 0.5) is 0 Å². The standard InChI is InChI=1S/C38H62N2O4/c1-3-5-7-9-11-13-15-17-19-21-27-39-37(41)31-43-35-25-23-34-30-36(26-24-33(34)29-35)44-32-38(42)40-28-22-20-18-16-14-12-10-8-6-4-2/h23-26,29-30H,3-22,27-28,31-32H2,1-2H3,(H,39,41)(H,40,42). The van der Waals surface area contributed by atoms with Gasteiger partial charge < -0.3 is 20.1 Å². The number of carbonyl (C=O) groups excluding carboxylic acids is 2.